The SMILES string of the molecule is O=S(=O)(c1cc(Br)ccc1Br)N1CCN(Cc2ccccc2F)CC1. The molecule has 134 valence electrons. The van der Waals surface area contributed by atoms with Crippen LogP contribution in [0.1, 0.15) is 5.56 Å². The maximum atomic E-state index is 13.8. The summed E-state index contributed by atoms with van der Waals surface area (Å²) < 4.78 is 42.3. The molecule has 0 bridgehead atoms. The predicted octanol–water partition coefficient (Wildman–Crippen LogP) is 3.86. The molecule has 2 aromatic rings. The molecule has 0 amide bonds. The third-order valence-corrected chi connectivity index (χ3v) is 7.58. The second-order valence-corrected chi connectivity index (χ2v) is 9.52. The van der Waals surface area contributed by atoms with Crippen LogP contribution in [0.15, 0.2) is 56.3 Å². The van der Waals surface area contributed by atoms with Crippen molar-refractivity contribution in [1.29, 1.82) is 0 Å². The fourth-order valence-corrected chi connectivity index (χ4v) is 5.69. The van der Waals surface area contributed by atoms with Crippen LogP contribution < -0.4 is 0 Å². The molecule has 0 saturated carbocycles. The van der Waals surface area contributed by atoms with Crippen LogP contribution in [0.25, 0.3) is 0 Å². The minimum Gasteiger partial charge on any atom is -0.296 e. The van der Waals surface area contributed by atoms with E-state index in [4.69, 9.17) is 0 Å². The third-order valence-electron chi connectivity index (χ3n) is 4.19. The Morgan fingerprint density at radius 2 is 1.68 bits per heavy atom. The molecule has 1 aliphatic heterocycles. The number of nitrogens with zero attached hydrogens (tertiary/aromatic N) is 2. The van der Waals surface area contributed by atoms with Crippen molar-refractivity contribution < 1.29 is 12.8 Å². The summed E-state index contributed by atoms with van der Waals surface area (Å²) in [4.78, 5) is 2.32. The van der Waals surface area contributed by atoms with Crippen molar-refractivity contribution in [3.05, 3.63) is 62.8 Å². The zero-order valence-corrected chi connectivity index (χ0v) is 17.3. The van der Waals surface area contributed by atoms with E-state index in [1.165, 1.54) is 10.4 Å². The van der Waals surface area contributed by atoms with E-state index in [1.807, 2.05) is 6.07 Å². The van der Waals surface area contributed by atoms with Gasteiger partial charge in [-0.15, -0.1) is 0 Å². The highest BCUT2D eigenvalue weighted by molar-refractivity contribution is 9.11. The Kier molecular flexibility index (Phi) is 5.95. The molecule has 1 fully saturated rings. The predicted molar refractivity (Wildman–Crippen MR) is 102 cm³/mol. The van der Waals surface area contributed by atoms with Crippen LogP contribution in [0.2, 0.25) is 0 Å². The first-order valence-electron chi connectivity index (χ1n) is 7.79. The van der Waals surface area contributed by atoms with E-state index in [0.29, 0.717) is 47.2 Å². The Hall–Kier alpha value is -0.800. The van der Waals surface area contributed by atoms with Gasteiger partial charge in [-0.1, -0.05) is 34.1 Å². The molecule has 0 aromatic heterocycles. The number of hydrogen-bond donors (Lipinski definition) is 0. The molecule has 25 heavy (non-hydrogen) atoms. The standard InChI is InChI=1S/C17H17Br2FN2O2S/c18-14-5-6-15(19)17(11-14)25(23,24)22-9-7-21(8-10-22)12-13-3-1-2-4-16(13)20/h1-6,11H,7-10,12H2. The lowest BCUT2D eigenvalue weighted by molar-refractivity contribution is 0.180. The van der Waals surface area contributed by atoms with Crippen LogP contribution in [0, 0.1) is 5.82 Å². The lowest BCUT2D eigenvalue weighted by Gasteiger charge is -2.34. The summed E-state index contributed by atoms with van der Waals surface area (Å²) in [6.07, 6.45) is 0. The van der Waals surface area contributed by atoms with E-state index in [9.17, 15) is 12.8 Å². The fraction of sp³-hybridized carbons (Fsp3) is 0.294. The van der Waals surface area contributed by atoms with Gasteiger partial charge in [0.05, 0.1) is 4.90 Å². The molecular formula is C17H17Br2FN2O2S. The van der Waals surface area contributed by atoms with Crippen LogP contribution in [0.3, 0.4) is 0 Å². The number of rotatable bonds is 4. The first kappa shape index (κ1) is 19.0. The number of piperazine rings is 1. The molecule has 2 aromatic carbocycles. The van der Waals surface area contributed by atoms with Gasteiger partial charge in [-0.05, 0) is 40.2 Å². The van der Waals surface area contributed by atoms with Gasteiger partial charge in [-0.2, -0.15) is 4.31 Å². The molecule has 0 spiro atoms. The smallest absolute Gasteiger partial charge is 0.244 e. The first-order valence-corrected chi connectivity index (χ1v) is 10.8. The van der Waals surface area contributed by atoms with Crippen molar-refractivity contribution in [1.82, 2.24) is 9.21 Å². The van der Waals surface area contributed by atoms with E-state index in [1.54, 1.807) is 30.3 Å². The van der Waals surface area contributed by atoms with Gasteiger partial charge in [0.15, 0.2) is 0 Å². The molecule has 0 N–H and O–H groups in total. The van der Waals surface area contributed by atoms with Crippen molar-refractivity contribution >= 4 is 41.9 Å². The normalized spacial score (nSPS) is 16.9. The number of hydrogen-bond acceptors (Lipinski definition) is 3. The second-order valence-electron chi connectivity index (χ2n) is 5.85. The van der Waals surface area contributed by atoms with Crippen LogP contribution in [-0.2, 0) is 16.6 Å². The monoisotopic (exact) mass is 490 g/mol. The molecule has 8 heteroatoms. The minimum absolute atomic E-state index is 0.226. The minimum atomic E-state index is -3.56. The van der Waals surface area contributed by atoms with Gasteiger partial charge < -0.3 is 0 Å². The van der Waals surface area contributed by atoms with E-state index >= 15 is 0 Å². The van der Waals surface area contributed by atoms with Crippen molar-refractivity contribution in [3.63, 3.8) is 0 Å². The van der Waals surface area contributed by atoms with E-state index in [-0.39, 0.29) is 10.7 Å². The average molecular weight is 492 g/mol. The van der Waals surface area contributed by atoms with Gasteiger partial charge in [0, 0.05) is 47.2 Å². The molecule has 1 saturated heterocycles. The zero-order valence-electron chi connectivity index (χ0n) is 13.3. The summed E-state index contributed by atoms with van der Waals surface area (Å²) in [6, 6.07) is 11.8. The Morgan fingerprint density at radius 3 is 2.36 bits per heavy atom. The highest BCUT2D eigenvalue weighted by Gasteiger charge is 2.30. The summed E-state index contributed by atoms with van der Waals surface area (Å²) in [7, 11) is -3.56. The van der Waals surface area contributed by atoms with Gasteiger partial charge >= 0.3 is 0 Å². The quantitative estimate of drug-likeness (QED) is 0.652. The highest BCUT2D eigenvalue weighted by atomic mass is 79.9. The topological polar surface area (TPSA) is 40.6 Å². The summed E-state index contributed by atoms with van der Waals surface area (Å²) in [5.74, 6) is -0.226. The molecule has 0 unspecified atom stereocenters. The van der Waals surface area contributed by atoms with Gasteiger partial charge in [0.2, 0.25) is 10.0 Å². The molecule has 0 aliphatic carbocycles. The second kappa shape index (κ2) is 7.84. The van der Waals surface area contributed by atoms with Gasteiger partial charge in [-0.3, -0.25) is 4.90 Å². The third kappa shape index (κ3) is 4.31. The van der Waals surface area contributed by atoms with Gasteiger partial charge in [0.25, 0.3) is 0 Å². The van der Waals surface area contributed by atoms with Crippen molar-refractivity contribution in [2.24, 2.45) is 0 Å². The van der Waals surface area contributed by atoms with Gasteiger partial charge in [0.1, 0.15) is 5.82 Å². The van der Waals surface area contributed by atoms with E-state index in [0.717, 1.165) is 0 Å². The lowest BCUT2D eigenvalue weighted by atomic mass is 10.2. The maximum Gasteiger partial charge on any atom is 0.244 e. The summed E-state index contributed by atoms with van der Waals surface area (Å²) in [6.45, 7) is 2.39. The molecule has 0 radical (unpaired) electrons. The largest absolute Gasteiger partial charge is 0.296 e. The highest BCUT2D eigenvalue weighted by Crippen LogP contribution is 2.29. The van der Waals surface area contributed by atoms with E-state index in [2.05, 4.69) is 36.8 Å². The van der Waals surface area contributed by atoms with Crippen LogP contribution >= 0.6 is 31.9 Å². The van der Waals surface area contributed by atoms with Crippen LogP contribution in [-0.4, -0.2) is 43.8 Å². The Labute approximate surface area is 163 Å². The molecule has 4 nitrogen and oxygen atoms in total. The number of benzene rings is 2. The first-order chi connectivity index (χ1) is 11.9. The molecule has 3 rings (SSSR count). The summed E-state index contributed by atoms with van der Waals surface area (Å²) in [5, 5.41) is 0. The summed E-state index contributed by atoms with van der Waals surface area (Å²) >= 11 is 6.64. The molecule has 1 aliphatic rings. The average Bonchev–Trinajstić information content (AvgIpc) is 2.59. The van der Waals surface area contributed by atoms with Crippen molar-refractivity contribution in [2.75, 3.05) is 26.2 Å². The van der Waals surface area contributed by atoms with Crippen molar-refractivity contribution in [2.45, 2.75) is 11.4 Å². The van der Waals surface area contributed by atoms with Gasteiger partial charge in [-0.25, -0.2) is 12.8 Å². The van der Waals surface area contributed by atoms with Crippen LogP contribution in [0.4, 0.5) is 4.39 Å². The maximum absolute atomic E-state index is 13.8. The molecule has 1 heterocycles. The zero-order chi connectivity index (χ0) is 18.0. The van der Waals surface area contributed by atoms with Crippen molar-refractivity contribution in [3.8, 4) is 0 Å². The number of sulfonamides is 1. The lowest BCUT2D eigenvalue weighted by Crippen LogP contribution is -2.48. The Morgan fingerprint density at radius 1 is 1.00 bits per heavy atom. The molecule has 0 atom stereocenters. The Bertz CT molecular complexity index is 869. The van der Waals surface area contributed by atoms with E-state index < -0.39 is 10.0 Å². The molecular weight excluding hydrogens is 475 g/mol. The number of halogens is 3. The fourth-order valence-electron chi connectivity index (χ4n) is 2.81. The summed E-state index contributed by atoms with van der Waals surface area (Å²) in [5.41, 5.74) is 0.633. The Balaban J connectivity index is 1.69. The van der Waals surface area contributed by atoms with Crippen LogP contribution in [0.5, 0.6) is 0 Å².